The van der Waals surface area contributed by atoms with Crippen molar-refractivity contribution in [1.29, 1.82) is 0 Å². The van der Waals surface area contributed by atoms with Gasteiger partial charge in [-0.1, -0.05) is 194 Å². The lowest BCUT2D eigenvalue weighted by atomic mass is 9.83. The van der Waals surface area contributed by atoms with Crippen LogP contribution in [0.4, 0.5) is 17.1 Å². The molecule has 11 aromatic rings. The van der Waals surface area contributed by atoms with Gasteiger partial charge < -0.3 is 4.90 Å². The maximum absolute atomic E-state index is 2.51. The van der Waals surface area contributed by atoms with E-state index in [4.69, 9.17) is 0 Å². The second-order valence-corrected chi connectivity index (χ2v) is 15.7. The number of fused-ring (bicyclic) bond motifs is 5. The number of rotatable bonds is 6. The molecule has 0 fully saturated rings. The van der Waals surface area contributed by atoms with Crippen LogP contribution in [0, 0.1) is 13.8 Å². The molecule has 0 bridgehead atoms. The quantitative estimate of drug-likeness (QED) is 0.153. The van der Waals surface area contributed by atoms with Gasteiger partial charge in [0.1, 0.15) is 0 Å². The number of nitrogens with zero attached hydrogens (tertiary/aromatic N) is 1. The van der Waals surface area contributed by atoms with Crippen molar-refractivity contribution in [2.45, 2.75) is 13.8 Å². The van der Waals surface area contributed by atoms with Crippen molar-refractivity contribution in [3.8, 4) is 33.4 Å². The zero-order valence-corrected chi connectivity index (χ0v) is 33.2. The first-order chi connectivity index (χ1) is 29.2. The predicted octanol–water partition coefficient (Wildman–Crippen LogP) is 16.5. The molecule has 1 heteroatoms. The summed E-state index contributed by atoms with van der Waals surface area (Å²) in [6.45, 7) is 4.42. The van der Waals surface area contributed by atoms with Crippen LogP contribution >= 0.6 is 0 Å². The summed E-state index contributed by atoms with van der Waals surface area (Å²) in [5.41, 5.74) is 13.5. The Morgan fingerprint density at radius 1 is 0.237 bits per heavy atom. The van der Waals surface area contributed by atoms with Gasteiger partial charge in [0.2, 0.25) is 0 Å². The van der Waals surface area contributed by atoms with E-state index >= 15 is 0 Å². The number of aryl methyl sites for hydroxylation is 2. The Balaban J connectivity index is 1.21. The lowest BCUT2D eigenvalue weighted by molar-refractivity contribution is 1.32. The van der Waals surface area contributed by atoms with Gasteiger partial charge in [-0.15, -0.1) is 0 Å². The summed E-state index contributed by atoms with van der Waals surface area (Å²) in [6, 6.07) is 78.2. The summed E-state index contributed by atoms with van der Waals surface area (Å²) in [5.74, 6) is 0. The maximum atomic E-state index is 2.51. The highest BCUT2D eigenvalue weighted by Gasteiger charge is 2.24. The molecule has 0 spiro atoms. The summed E-state index contributed by atoms with van der Waals surface area (Å²) in [7, 11) is 0. The highest BCUT2D eigenvalue weighted by atomic mass is 15.1. The van der Waals surface area contributed by atoms with Gasteiger partial charge in [-0.25, -0.2) is 0 Å². The molecule has 11 rings (SSSR count). The molecule has 59 heavy (non-hydrogen) atoms. The Bertz CT molecular complexity index is 3270. The largest absolute Gasteiger partial charge is 0.309 e. The highest BCUT2D eigenvalue weighted by Crippen LogP contribution is 2.50. The molecule has 0 unspecified atom stereocenters. The van der Waals surface area contributed by atoms with Crippen molar-refractivity contribution in [3.63, 3.8) is 0 Å². The van der Waals surface area contributed by atoms with Crippen molar-refractivity contribution >= 4 is 70.9 Å². The maximum Gasteiger partial charge on any atom is 0.0540 e. The lowest BCUT2D eigenvalue weighted by Gasteiger charge is -2.30. The molecular weight excluding hydrogens is 711 g/mol. The minimum Gasteiger partial charge on any atom is -0.309 e. The van der Waals surface area contributed by atoms with Gasteiger partial charge in [0, 0.05) is 16.2 Å². The van der Waals surface area contributed by atoms with E-state index in [-0.39, 0.29) is 0 Å². The molecule has 0 aliphatic heterocycles. The number of hydrogen-bond acceptors (Lipinski definition) is 1. The van der Waals surface area contributed by atoms with Gasteiger partial charge in [0.25, 0.3) is 0 Å². The van der Waals surface area contributed by atoms with Crippen molar-refractivity contribution in [2.24, 2.45) is 0 Å². The average Bonchev–Trinajstić information content (AvgIpc) is 3.30. The SMILES string of the molecule is Cc1ccc(N(c2ccc(C)c3ccccc23)c2ccc(-c3c4ccccc4c(-c4ccccc4-c4ccccc4)c4ccccc34)c3ccccc23)c2ccccc12. The molecule has 11 aromatic carbocycles. The van der Waals surface area contributed by atoms with Gasteiger partial charge in [-0.2, -0.15) is 0 Å². The molecule has 0 saturated carbocycles. The van der Waals surface area contributed by atoms with Gasteiger partial charge in [-0.05, 0) is 114 Å². The number of benzene rings is 11. The predicted molar refractivity (Wildman–Crippen MR) is 254 cm³/mol. The van der Waals surface area contributed by atoms with E-state index in [1.54, 1.807) is 0 Å². The fourth-order valence-corrected chi connectivity index (χ4v) is 9.62. The van der Waals surface area contributed by atoms with Crippen LogP contribution in [0.25, 0.3) is 87.2 Å². The Kier molecular flexibility index (Phi) is 8.34. The molecule has 0 heterocycles. The molecule has 278 valence electrons. The molecule has 0 radical (unpaired) electrons. The van der Waals surface area contributed by atoms with Crippen LogP contribution in [0.1, 0.15) is 11.1 Å². The monoisotopic (exact) mass is 751 g/mol. The van der Waals surface area contributed by atoms with Crippen LogP contribution in [-0.2, 0) is 0 Å². The van der Waals surface area contributed by atoms with Crippen molar-refractivity contribution in [3.05, 3.63) is 223 Å². The zero-order chi connectivity index (χ0) is 39.5. The minimum atomic E-state index is 1.15. The Morgan fingerprint density at radius 3 is 1.07 bits per heavy atom. The van der Waals surface area contributed by atoms with Crippen LogP contribution < -0.4 is 4.90 Å². The number of hydrogen-bond donors (Lipinski definition) is 0. The van der Waals surface area contributed by atoms with E-state index < -0.39 is 0 Å². The summed E-state index contributed by atoms with van der Waals surface area (Å²) < 4.78 is 0. The Morgan fingerprint density at radius 2 is 0.576 bits per heavy atom. The molecule has 0 aliphatic carbocycles. The topological polar surface area (TPSA) is 3.24 Å². The molecule has 1 nitrogen and oxygen atoms in total. The summed E-state index contributed by atoms with van der Waals surface area (Å²) in [5, 5.41) is 12.4. The van der Waals surface area contributed by atoms with E-state index in [1.165, 1.54) is 98.4 Å². The van der Waals surface area contributed by atoms with Crippen LogP contribution in [0.2, 0.25) is 0 Å². The van der Waals surface area contributed by atoms with Crippen molar-refractivity contribution in [1.82, 2.24) is 0 Å². The van der Waals surface area contributed by atoms with E-state index in [1.807, 2.05) is 0 Å². The first-order valence-corrected chi connectivity index (χ1v) is 20.5. The normalized spacial score (nSPS) is 11.6. The van der Waals surface area contributed by atoms with Crippen LogP contribution in [0.5, 0.6) is 0 Å². The molecule has 0 aromatic heterocycles. The van der Waals surface area contributed by atoms with Crippen molar-refractivity contribution in [2.75, 3.05) is 4.90 Å². The summed E-state index contributed by atoms with van der Waals surface area (Å²) in [4.78, 5) is 2.51. The number of anilines is 3. The molecule has 0 saturated heterocycles. The second kappa shape index (κ2) is 14.2. The summed E-state index contributed by atoms with van der Waals surface area (Å²) >= 11 is 0. The third-order valence-corrected chi connectivity index (χ3v) is 12.3. The van der Waals surface area contributed by atoms with Crippen LogP contribution in [0.3, 0.4) is 0 Å². The first kappa shape index (κ1) is 34.7. The molecular formula is C58H41N. The minimum absolute atomic E-state index is 1.15. The van der Waals surface area contributed by atoms with E-state index in [0.29, 0.717) is 0 Å². The van der Waals surface area contributed by atoms with Gasteiger partial charge in [0.05, 0.1) is 17.1 Å². The lowest BCUT2D eigenvalue weighted by Crippen LogP contribution is -2.12. The molecule has 0 amide bonds. The fourth-order valence-electron chi connectivity index (χ4n) is 9.62. The molecule has 0 N–H and O–H groups in total. The fraction of sp³-hybridized carbons (Fsp3) is 0.0345. The Labute approximate surface area is 345 Å². The third-order valence-electron chi connectivity index (χ3n) is 12.3. The first-order valence-electron chi connectivity index (χ1n) is 20.5. The van der Waals surface area contributed by atoms with Crippen LogP contribution in [0.15, 0.2) is 212 Å². The zero-order valence-electron chi connectivity index (χ0n) is 33.2. The Hall–Kier alpha value is -7.48. The van der Waals surface area contributed by atoms with E-state index in [0.717, 1.165) is 17.1 Å². The average molecular weight is 752 g/mol. The molecule has 0 atom stereocenters. The standard InChI is InChI=1S/C58H41N/c1-38-32-35-54(45-24-10-6-20-41(38)45)59(55-36-33-39(2)42-21-7-11-25-46(42)55)56-37-34-53(44-23-9-12-26-47(44)56)58-51-30-16-14-28-49(51)57(50-29-15-17-31-52(50)58)48-27-13-8-22-43(48)40-18-4-3-5-19-40/h3-37H,1-2H3. The van der Waals surface area contributed by atoms with Crippen molar-refractivity contribution < 1.29 is 0 Å². The van der Waals surface area contributed by atoms with E-state index in [2.05, 4.69) is 231 Å². The van der Waals surface area contributed by atoms with Gasteiger partial charge >= 0.3 is 0 Å². The second-order valence-electron chi connectivity index (χ2n) is 15.7. The van der Waals surface area contributed by atoms with Gasteiger partial charge in [0.15, 0.2) is 0 Å². The van der Waals surface area contributed by atoms with E-state index in [9.17, 15) is 0 Å². The van der Waals surface area contributed by atoms with Crippen LogP contribution in [-0.4, -0.2) is 0 Å². The smallest absolute Gasteiger partial charge is 0.0540 e. The molecule has 0 aliphatic rings. The highest BCUT2D eigenvalue weighted by molar-refractivity contribution is 6.25. The third kappa shape index (κ3) is 5.62. The van der Waals surface area contributed by atoms with Gasteiger partial charge in [-0.3, -0.25) is 0 Å². The summed E-state index contributed by atoms with van der Waals surface area (Å²) in [6.07, 6.45) is 0.